The van der Waals surface area contributed by atoms with Gasteiger partial charge in [-0.1, -0.05) is 38.1 Å². The third-order valence-corrected chi connectivity index (χ3v) is 3.49. The second kappa shape index (κ2) is 5.32. The van der Waals surface area contributed by atoms with Crippen molar-refractivity contribution in [2.75, 3.05) is 0 Å². The van der Waals surface area contributed by atoms with E-state index < -0.39 is 0 Å². The van der Waals surface area contributed by atoms with E-state index in [2.05, 4.69) is 52.0 Å². The van der Waals surface area contributed by atoms with Crippen LogP contribution in [0.4, 0.5) is 0 Å². The number of nitrogens with two attached hydrogens (primary N) is 1. The van der Waals surface area contributed by atoms with Crippen LogP contribution in [0.2, 0.25) is 0 Å². The highest BCUT2D eigenvalue weighted by Gasteiger charge is 2.21. The summed E-state index contributed by atoms with van der Waals surface area (Å²) in [6, 6.07) is 8.91. The average Bonchev–Trinajstić information content (AvgIpc) is 2.21. The maximum absolute atomic E-state index is 6.00. The number of aryl methyl sites for hydroxylation is 1. The molecule has 1 heteroatoms. The summed E-state index contributed by atoms with van der Waals surface area (Å²) >= 11 is 0. The van der Waals surface area contributed by atoms with Crippen LogP contribution in [0.1, 0.15) is 44.2 Å². The Morgan fingerprint density at radius 1 is 1.20 bits per heavy atom. The molecule has 0 saturated heterocycles. The van der Waals surface area contributed by atoms with Crippen LogP contribution in [-0.4, -0.2) is 6.04 Å². The van der Waals surface area contributed by atoms with Crippen LogP contribution in [0, 0.1) is 12.8 Å². The number of hydrogen-bond donors (Lipinski definition) is 1. The second-order valence-electron chi connectivity index (χ2n) is 4.59. The zero-order valence-electron chi connectivity index (χ0n) is 10.3. The quantitative estimate of drug-likeness (QED) is 0.800. The van der Waals surface area contributed by atoms with Gasteiger partial charge in [0.05, 0.1) is 0 Å². The van der Waals surface area contributed by atoms with Gasteiger partial charge < -0.3 is 5.73 Å². The van der Waals surface area contributed by atoms with E-state index in [1.54, 1.807) is 0 Å². The van der Waals surface area contributed by atoms with Gasteiger partial charge in [0, 0.05) is 6.04 Å². The summed E-state index contributed by atoms with van der Waals surface area (Å²) in [6.07, 6.45) is 1.16. The molecule has 3 atom stereocenters. The van der Waals surface area contributed by atoms with Crippen LogP contribution < -0.4 is 5.73 Å². The van der Waals surface area contributed by atoms with Crippen molar-refractivity contribution in [2.45, 2.75) is 46.1 Å². The van der Waals surface area contributed by atoms with Gasteiger partial charge in [-0.3, -0.25) is 0 Å². The molecule has 1 aromatic rings. The van der Waals surface area contributed by atoms with Crippen molar-refractivity contribution in [1.29, 1.82) is 0 Å². The largest absolute Gasteiger partial charge is 0.328 e. The molecule has 0 heterocycles. The molecular weight excluding hydrogens is 182 g/mol. The van der Waals surface area contributed by atoms with E-state index >= 15 is 0 Å². The van der Waals surface area contributed by atoms with Crippen LogP contribution in [0.25, 0.3) is 0 Å². The highest BCUT2D eigenvalue weighted by Crippen LogP contribution is 2.31. The molecule has 1 rings (SSSR count). The first-order chi connectivity index (χ1) is 7.07. The van der Waals surface area contributed by atoms with Crippen molar-refractivity contribution in [1.82, 2.24) is 0 Å². The van der Waals surface area contributed by atoms with E-state index in [1.165, 1.54) is 11.1 Å². The Kier molecular flexibility index (Phi) is 4.34. The lowest BCUT2D eigenvalue weighted by molar-refractivity contribution is 0.386. The molecule has 0 saturated carbocycles. The summed E-state index contributed by atoms with van der Waals surface area (Å²) in [4.78, 5) is 0. The molecule has 0 spiro atoms. The maximum atomic E-state index is 6.00. The van der Waals surface area contributed by atoms with E-state index in [1.807, 2.05) is 0 Å². The molecule has 0 radical (unpaired) electrons. The minimum Gasteiger partial charge on any atom is -0.328 e. The highest BCUT2D eigenvalue weighted by atomic mass is 14.6. The SMILES string of the molecule is CCC(c1ccccc1C)C(C)C(C)N. The first kappa shape index (κ1) is 12.3. The standard InChI is InChI=1S/C14H23N/c1-5-13(11(3)12(4)15)14-9-7-6-8-10(14)2/h6-9,11-13H,5,15H2,1-4H3. The van der Waals surface area contributed by atoms with Gasteiger partial charge in [-0.15, -0.1) is 0 Å². The van der Waals surface area contributed by atoms with E-state index in [0.29, 0.717) is 11.8 Å². The fourth-order valence-corrected chi connectivity index (χ4v) is 2.24. The van der Waals surface area contributed by atoms with Crippen LogP contribution in [0.5, 0.6) is 0 Å². The first-order valence-corrected chi connectivity index (χ1v) is 5.89. The van der Waals surface area contributed by atoms with Crippen LogP contribution >= 0.6 is 0 Å². The molecule has 0 bridgehead atoms. The minimum absolute atomic E-state index is 0.259. The zero-order chi connectivity index (χ0) is 11.4. The summed E-state index contributed by atoms with van der Waals surface area (Å²) in [5.41, 5.74) is 8.85. The third-order valence-electron chi connectivity index (χ3n) is 3.49. The summed E-state index contributed by atoms with van der Waals surface area (Å²) in [5.74, 6) is 1.13. The van der Waals surface area contributed by atoms with Gasteiger partial charge in [0.15, 0.2) is 0 Å². The lowest BCUT2D eigenvalue weighted by atomic mass is 9.80. The van der Waals surface area contributed by atoms with E-state index in [-0.39, 0.29) is 6.04 Å². The first-order valence-electron chi connectivity index (χ1n) is 5.89. The van der Waals surface area contributed by atoms with Crippen molar-refractivity contribution in [3.05, 3.63) is 35.4 Å². The van der Waals surface area contributed by atoms with Crippen molar-refractivity contribution < 1.29 is 0 Å². The Bertz CT molecular complexity index is 304. The van der Waals surface area contributed by atoms with Gasteiger partial charge in [-0.05, 0) is 43.2 Å². The number of benzene rings is 1. The van der Waals surface area contributed by atoms with Gasteiger partial charge >= 0.3 is 0 Å². The summed E-state index contributed by atoms with van der Waals surface area (Å²) in [5, 5.41) is 0. The minimum atomic E-state index is 0.259. The number of hydrogen-bond acceptors (Lipinski definition) is 1. The van der Waals surface area contributed by atoms with E-state index in [4.69, 9.17) is 5.73 Å². The molecule has 2 N–H and O–H groups in total. The van der Waals surface area contributed by atoms with Crippen molar-refractivity contribution in [3.63, 3.8) is 0 Å². The molecule has 0 aliphatic carbocycles. The monoisotopic (exact) mass is 205 g/mol. The Morgan fingerprint density at radius 3 is 2.27 bits per heavy atom. The Balaban J connectivity index is 2.97. The molecule has 0 aliphatic heterocycles. The summed E-state index contributed by atoms with van der Waals surface area (Å²) < 4.78 is 0. The summed E-state index contributed by atoms with van der Waals surface area (Å²) in [7, 11) is 0. The molecule has 0 aliphatic rings. The Labute approximate surface area is 93.7 Å². The molecule has 84 valence electrons. The van der Waals surface area contributed by atoms with Crippen LogP contribution in [0.15, 0.2) is 24.3 Å². The smallest absolute Gasteiger partial charge is 0.00419 e. The predicted molar refractivity (Wildman–Crippen MR) is 67.0 cm³/mol. The average molecular weight is 205 g/mol. The third kappa shape index (κ3) is 2.82. The van der Waals surface area contributed by atoms with Gasteiger partial charge in [-0.2, -0.15) is 0 Å². The lowest BCUT2D eigenvalue weighted by Gasteiger charge is -2.27. The molecule has 1 aromatic carbocycles. The molecule has 0 fully saturated rings. The lowest BCUT2D eigenvalue weighted by Crippen LogP contribution is -2.29. The van der Waals surface area contributed by atoms with Crippen molar-refractivity contribution >= 4 is 0 Å². The molecule has 15 heavy (non-hydrogen) atoms. The fraction of sp³-hybridized carbons (Fsp3) is 0.571. The zero-order valence-corrected chi connectivity index (χ0v) is 10.3. The van der Waals surface area contributed by atoms with Crippen LogP contribution in [0.3, 0.4) is 0 Å². The highest BCUT2D eigenvalue weighted by molar-refractivity contribution is 5.29. The van der Waals surface area contributed by atoms with E-state index in [0.717, 1.165) is 6.42 Å². The fourth-order valence-electron chi connectivity index (χ4n) is 2.24. The molecule has 0 amide bonds. The van der Waals surface area contributed by atoms with Gasteiger partial charge in [0.1, 0.15) is 0 Å². The van der Waals surface area contributed by atoms with Crippen molar-refractivity contribution in [3.8, 4) is 0 Å². The summed E-state index contributed by atoms with van der Waals surface area (Å²) in [6.45, 7) is 8.79. The topological polar surface area (TPSA) is 26.0 Å². The molecule has 3 unspecified atom stereocenters. The number of rotatable bonds is 4. The molecular formula is C14H23N. The Morgan fingerprint density at radius 2 is 1.80 bits per heavy atom. The van der Waals surface area contributed by atoms with Gasteiger partial charge in [-0.25, -0.2) is 0 Å². The van der Waals surface area contributed by atoms with Gasteiger partial charge in [0.2, 0.25) is 0 Å². The second-order valence-corrected chi connectivity index (χ2v) is 4.59. The predicted octanol–water partition coefficient (Wildman–Crippen LogP) is 3.47. The van der Waals surface area contributed by atoms with Crippen LogP contribution in [-0.2, 0) is 0 Å². The molecule has 0 aromatic heterocycles. The van der Waals surface area contributed by atoms with E-state index in [9.17, 15) is 0 Å². The van der Waals surface area contributed by atoms with Gasteiger partial charge in [0.25, 0.3) is 0 Å². The Hall–Kier alpha value is -0.820. The normalized spacial score (nSPS) is 17.1. The van der Waals surface area contributed by atoms with Crippen molar-refractivity contribution in [2.24, 2.45) is 11.7 Å². The maximum Gasteiger partial charge on any atom is 0.00419 e. The molecule has 1 nitrogen and oxygen atoms in total.